The summed E-state index contributed by atoms with van der Waals surface area (Å²) in [5, 5.41) is 14.0. The van der Waals surface area contributed by atoms with Crippen LogP contribution in [0.25, 0.3) is 10.9 Å². The van der Waals surface area contributed by atoms with E-state index in [9.17, 15) is 10.1 Å². The summed E-state index contributed by atoms with van der Waals surface area (Å²) in [6.07, 6.45) is 4.65. The molecule has 5 nitrogen and oxygen atoms in total. The number of benzene rings is 1. The Bertz CT molecular complexity index is 847. The molecule has 1 saturated carbocycles. The molecule has 3 rings (SSSR count). The number of carbonyl (C=O) groups excluding carboxylic acids is 1. The van der Waals surface area contributed by atoms with Crippen molar-refractivity contribution in [3.63, 3.8) is 0 Å². The van der Waals surface area contributed by atoms with Crippen LogP contribution in [-0.2, 0) is 4.79 Å². The van der Waals surface area contributed by atoms with Gasteiger partial charge in [-0.2, -0.15) is 5.26 Å². The third kappa shape index (κ3) is 4.28. The minimum absolute atomic E-state index is 0.00480. The number of nitrogens with one attached hydrogen (secondary N) is 1. The van der Waals surface area contributed by atoms with Crippen molar-refractivity contribution in [3.05, 3.63) is 29.8 Å². The van der Waals surface area contributed by atoms with Crippen molar-refractivity contribution in [2.45, 2.75) is 43.7 Å². The van der Waals surface area contributed by atoms with Crippen LogP contribution in [0.3, 0.4) is 0 Å². The number of fused-ring (bicyclic) bond motifs is 1. The number of pyridine rings is 1. The Morgan fingerprint density at radius 1 is 1.38 bits per heavy atom. The Kier molecular flexibility index (Phi) is 6.00. The van der Waals surface area contributed by atoms with Crippen molar-refractivity contribution < 1.29 is 9.53 Å². The summed E-state index contributed by atoms with van der Waals surface area (Å²) in [6.45, 7) is 2.20. The van der Waals surface area contributed by atoms with Crippen molar-refractivity contribution in [2.24, 2.45) is 5.92 Å². The Balaban J connectivity index is 1.71. The van der Waals surface area contributed by atoms with Gasteiger partial charge in [-0.1, -0.05) is 31.5 Å². The van der Waals surface area contributed by atoms with Gasteiger partial charge in [0.1, 0.15) is 16.8 Å². The Hall–Kier alpha value is -2.26. The topological polar surface area (TPSA) is 75.0 Å². The fourth-order valence-electron chi connectivity index (χ4n) is 3.36. The van der Waals surface area contributed by atoms with E-state index in [0.717, 1.165) is 23.1 Å². The normalized spacial score (nSPS) is 19.7. The van der Waals surface area contributed by atoms with Crippen molar-refractivity contribution >= 4 is 28.6 Å². The number of amides is 1. The average molecular weight is 369 g/mol. The summed E-state index contributed by atoms with van der Waals surface area (Å²) in [5.74, 6) is 1.51. The highest BCUT2D eigenvalue weighted by Crippen LogP contribution is 2.27. The fourth-order valence-corrected chi connectivity index (χ4v) is 4.13. The first-order valence-electron chi connectivity index (χ1n) is 8.91. The van der Waals surface area contributed by atoms with E-state index in [0.29, 0.717) is 16.5 Å². The van der Waals surface area contributed by atoms with Crippen molar-refractivity contribution in [2.75, 3.05) is 12.9 Å². The highest BCUT2D eigenvalue weighted by atomic mass is 32.2. The lowest BCUT2D eigenvalue weighted by Gasteiger charge is -2.29. The highest BCUT2D eigenvalue weighted by molar-refractivity contribution is 8.00. The molecule has 2 atom stereocenters. The molecule has 136 valence electrons. The van der Waals surface area contributed by atoms with Gasteiger partial charge in [0.25, 0.3) is 0 Å². The van der Waals surface area contributed by atoms with E-state index in [-0.39, 0.29) is 17.7 Å². The molecule has 1 aliphatic rings. The molecule has 2 unspecified atom stereocenters. The fraction of sp³-hybridized carbons (Fsp3) is 0.450. The molecular weight excluding hydrogens is 346 g/mol. The summed E-state index contributed by atoms with van der Waals surface area (Å²) in [7, 11) is 1.61. The predicted octanol–water partition coefficient (Wildman–Crippen LogP) is 3.90. The van der Waals surface area contributed by atoms with Crippen LogP contribution in [-0.4, -0.2) is 29.8 Å². The highest BCUT2D eigenvalue weighted by Gasteiger charge is 2.23. The van der Waals surface area contributed by atoms with Gasteiger partial charge in [-0.15, -0.1) is 0 Å². The van der Waals surface area contributed by atoms with Crippen LogP contribution in [0.2, 0.25) is 0 Å². The standard InChI is InChI=1S/C20H23N3O2S/c1-13-5-3-4-6-17(13)22-19(24)12-26-20-15(11-21)9-14-7-8-16(25-2)10-18(14)23-20/h7-10,13,17H,3-6,12H2,1-2H3,(H,22,24). The number of nitriles is 1. The molecule has 1 aromatic carbocycles. The second-order valence-electron chi connectivity index (χ2n) is 6.74. The molecule has 1 aromatic heterocycles. The number of methoxy groups -OCH3 is 1. The van der Waals surface area contributed by atoms with Gasteiger partial charge in [0.15, 0.2) is 0 Å². The molecule has 1 N–H and O–H groups in total. The molecule has 0 bridgehead atoms. The number of ether oxygens (including phenoxy) is 1. The molecular formula is C20H23N3O2S. The summed E-state index contributed by atoms with van der Waals surface area (Å²) in [5.41, 5.74) is 1.25. The van der Waals surface area contributed by atoms with E-state index in [2.05, 4.69) is 23.3 Å². The first-order valence-corrected chi connectivity index (χ1v) is 9.90. The lowest BCUT2D eigenvalue weighted by atomic mass is 9.86. The number of thioether (sulfide) groups is 1. The van der Waals surface area contributed by atoms with Gasteiger partial charge in [0.05, 0.1) is 23.9 Å². The molecule has 0 radical (unpaired) electrons. The second kappa shape index (κ2) is 8.41. The maximum absolute atomic E-state index is 12.3. The van der Waals surface area contributed by atoms with Crippen LogP contribution in [0.1, 0.15) is 38.2 Å². The molecule has 2 aromatic rings. The number of hydrogen-bond acceptors (Lipinski definition) is 5. The third-order valence-electron chi connectivity index (χ3n) is 4.91. The number of nitrogens with zero attached hydrogens (tertiary/aromatic N) is 2. The monoisotopic (exact) mass is 369 g/mol. The minimum Gasteiger partial charge on any atom is -0.497 e. The molecule has 1 heterocycles. The Morgan fingerprint density at radius 2 is 2.19 bits per heavy atom. The summed E-state index contributed by atoms with van der Waals surface area (Å²) < 4.78 is 5.24. The van der Waals surface area contributed by atoms with E-state index in [1.807, 2.05) is 24.3 Å². The molecule has 1 amide bonds. The maximum atomic E-state index is 12.3. The number of hydrogen-bond donors (Lipinski definition) is 1. The van der Waals surface area contributed by atoms with Gasteiger partial charge < -0.3 is 10.1 Å². The number of rotatable bonds is 5. The van der Waals surface area contributed by atoms with Crippen molar-refractivity contribution in [3.8, 4) is 11.8 Å². The van der Waals surface area contributed by atoms with E-state index < -0.39 is 0 Å². The predicted molar refractivity (Wildman–Crippen MR) is 103 cm³/mol. The summed E-state index contributed by atoms with van der Waals surface area (Å²) in [4.78, 5) is 16.9. The molecule has 1 aliphatic carbocycles. The smallest absolute Gasteiger partial charge is 0.230 e. The van der Waals surface area contributed by atoms with E-state index in [4.69, 9.17) is 4.74 Å². The average Bonchev–Trinajstić information content (AvgIpc) is 2.66. The minimum atomic E-state index is 0.00480. The molecule has 1 fully saturated rings. The molecule has 0 saturated heterocycles. The van der Waals surface area contributed by atoms with Crippen LogP contribution in [0, 0.1) is 17.2 Å². The third-order valence-corrected chi connectivity index (χ3v) is 5.90. The number of carbonyl (C=O) groups is 1. The summed E-state index contributed by atoms with van der Waals surface area (Å²) >= 11 is 1.31. The lowest BCUT2D eigenvalue weighted by molar-refractivity contribution is -0.119. The van der Waals surface area contributed by atoms with Gasteiger partial charge in [0, 0.05) is 17.5 Å². The van der Waals surface area contributed by atoms with Gasteiger partial charge >= 0.3 is 0 Å². The van der Waals surface area contributed by atoms with E-state index in [1.54, 1.807) is 7.11 Å². The van der Waals surface area contributed by atoms with Crippen LogP contribution in [0.4, 0.5) is 0 Å². The molecule has 0 spiro atoms. The van der Waals surface area contributed by atoms with Gasteiger partial charge in [0.2, 0.25) is 5.91 Å². The molecule has 6 heteroatoms. The van der Waals surface area contributed by atoms with Crippen LogP contribution in [0.5, 0.6) is 5.75 Å². The van der Waals surface area contributed by atoms with E-state index >= 15 is 0 Å². The zero-order chi connectivity index (χ0) is 18.5. The lowest BCUT2D eigenvalue weighted by Crippen LogP contribution is -2.41. The van der Waals surface area contributed by atoms with Crippen LogP contribution < -0.4 is 10.1 Å². The Labute approximate surface area is 158 Å². The largest absolute Gasteiger partial charge is 0.497 e. The van der Waals surface area contributed by atoms with Crippen molar-refractivity contribution in [1.29, 1.82) is 5.26 Å². The van der Waals surface area contributed by atoms with Crippen LogP contribution >= 0.6 is 11.8 Å². The zero-order valence-electron chi connectivity index (χ0n) is 15.1. The zero-order valence-corrected chi connectivity index (χ0v) is 15.9. The number of aromatic nitrogens is 1. The van der Waals surface area contributed by atoms with Gasteiger partial charge in [-0.3, -0.25) is 4.79 Å². The molecule has 0 aliphatic heterocycles. The van der Waals surface area contributed by atoms with Gasteiger partial charge in [-0.25, -0.2) is 4.98 Å². The van der Waals surface area contributed by atoms with Crippen molar-refractivity contribution in [1.82, 2.24) is 10.3 Å². The maximum Gasteiger partial charge on any atom is 0.230 e. The first kappa shape index (κ1) is 18.5. The van der Waals surface area contributed by atoms with Gasteiger partial charge in [-0.05, 0) is 37.0 Å². The molecule has 26 heavy (non-hydrogen) atoms. The second-order valence-corrected chi connectivity index (χ2v) is 7.70. The quantitative estimate of drug-likeness (QED) is 0.809. The Morgan fingerprint density at radius 3 is 2.92 bits per heavy atom. The SMILES string of the molecule is COc1ccc2cc(C#N)c(SCC(=O)NC3CCCCC3C)nc2c1. The first-order chi connectivity index (χ1) is 12.6. The summed E-state index contributed by atoms with van der Waals surface area (Å²) in [6, 6.07) is 9.82. The van der Waals surface area contributed by atoms with Crippen LogP contribution in [0.15, 0.2) is 29.3 Å². The van der Waals surface area contributed by atoms with E-state index in [1.165, 1.54) is 31.0 Å².